The number of aliphatic hydroxyl groups is 1. The number of fused-ring (bicyclic) bond motifs is 1. The van der Waals surface area contributed by atoms with Crippen molar-refractivity contribution in [3.05, 3.63) is 64.5 Å². The fourth-order valence-corrected chi connectivity index (χ4v) is 4.65. The minimum atomic E-state index is -4.42. The van der Waals surface area contributed by atoms with Crippen LogP contribution in [0.5, 0.6) is 0 Å². The SMILES string of the molecule is CC(=O)N1CCC(O)(c2cc(C)c3nc(C)nc(N[C@H](C)c4cccc(C(F)(F)F)c4)c3c2)CC1. The number of piperidine rings is 1. The first kappa shape index (κ1) is 24.9. The van der Waals surface area contributed by atoms with Crippen LogP contribution in [0.4, 0.5) is 19.0 Å². The van der Waals surface area contributed by atoms with Gasteiger partial charge in [0.2, 0.25) is 5.91 Å². The number of carbonyl (C=O) groups excluding carboxylic acids is 1. The zero-order chi connectivity index (χ0) is 25.5. The number of carbonyl (C=O) groups is 1. The van der Waals surface area contributed by atoms with Crippen molar-refractivity contribution in [1.82, 2.24) is 14.9 Å². The highest BCUT2D eigenvalue weighted by Gasteiger charge is 2.35. The second-order valence-corrected chi connectivity index (χ2v) is 9.34. The van der Waals surface area contributed by atoms with Crippen LogP contribution < -0.4 is 5.32 Å². The van der Waals surface area contributed by atoms with Crippen molar-refractivity contribution in [2.45, 2.75) is 58.4 Å². The van der Waals surface area contributed by atoms with Crippen LogP contribution >= 0.6 is 0 Å². The van der Waals surface area contributed by atoms with Gasteiger partial charge in [0.15, 0.2) is 0 Å². The number of nitrogens with one attached hydrogen (secondary N) is 1. The molecule has 4 rings (SSSR count). The topological polar surface area (TPSA) is 78.4 Å². The van der Waals surface area contributed by atoms with Gasteiger partial charge in [0.05, 0.1) is 16.7 Å². The molecule has 1 atom stereocenters. The van der Waals surface area contributed by atoms with Gasteiger partial charge in [-0.05, 0) is 68.5 Å². The number of benzene rings is 2. The summed E-state index contributed by atoms with van der Waals surface area (Å²) in [6.45, 7) is 7.90. The number of amides is 1. The van der Waals surface area contributed by atoms with Gasteiger partial charge in [-0.25, -0.2) is 9.97 Å². The molecule has 2 aromatic carbocycles. The molecule has 1 aromatic heterocycles. The Bertz CT molecular complexity index is 1270. The van der Waals surface area contributed by atoms with E-state index in [2.05, 4.69) is 15.3 Å². The number of halogens is 3. The van der Waals surface area contributed by atoms with Crippen molar-refractivity contribution in [2.75, 3.05) is 18.4 Å². The number of aromatic nitrogens is 2. The van der Waals surface area contributed by atoms with Crippen LogP contribution in [0.2, 0.25) is 0 Å². The number of anilines is 1. The van der Waals surface area contributed by atoms with Crippen LogP contribution in [0.1, 0.15) is 60.8 Å². The van der Waals surface area contributed by atoms with Gasteiger partial charge in [-0.15, -0.1) is 0 Å². The van der Waals surface area contributed by atoms with E-state index >= 15 is 0 Å². The second-order valence-electron chi connectivity index (χ2n) is 9.34. The van der Waals surface area contributed by atoms with E-state index in [9.17, 15) is 23.1 Å². The lowest BCUT2D eigenvalue weighted by Crippen LogP contribution is -2.44. The summed E-state index contributed by atoms with van der Waals surface area (Å²) in [6, 6.07) is 8.53. The molecule has 2 N–H and O–H groups in total. The largest absolute Gasteiger partial charge is 0.416 e. The number of alkyl halides is 3. The van der Waals surface area contributed by atoms with E-state index in [1.165, 1.54) is 13.0 Å². The molecule has 0 spiro atoms. The van der Waals surface area contributed by atoms with Crippen LogP contribution in [-0.4, -0.2) is 39.0 Å². The van der Waals surface area contributed by atoms with Crippen molar-refractivity contribution in [3.8, 4) is 0 Å². The predicted molar refractivity (Wildman–Crippen MR) is 128 cm³/mol. The molecule has 6 nitrogen and oxygen atoms in total. The molecule has 9 heteroatoms. The Labute approximate surface area is 202 Å². The van der Waals surface area contributed by atoms with Crippen LogP contribution in [0.3, 0.4) is 0 Å². The van der Waals surface area contributed by atoms with E-state index in [4.69, 9.17) is 0 Å². The third-order valence-electron chi connectivity index (χ3n) is 6.74. The maximum Gasteiger partial charge on any atom is 0.416 e. The van der Waals surface area contributed by atoms with Gasteiger partial charge in [0.1, 0.15) is 11.6 Å². The number of hydrogen-bond acceptors (Lipinski definition) is 5. The van der Waals surface area contributed by atoms with Gasteiger partial charge < -0.3 is 15.3 Å². The Morgan fingerprint density at radius 2 is 1.83 bits per heavy atom. The molecule has 0 unspecified atom stereocenters. The highest BCUT2D eigenvalue weighted by atomic mass is 19.4. The average Bonchev–Trinajstić information content (AvgIpc) is 2.79. The molecular formula is C26H29F3N4O2. The maximum atomic E-state index is 13.2. The summed E-state index contributed by atoms with van der Waals surface area (Å²) in [5.41, 5.74) is 0.967. The summed E-state index contributed by atoms with van der Waals surface area (Å²) in [5.74, 6) is 1.01. The Morgan fingerprint density at radius 1 is 1.14 bits per heavy atom. The van der Waals surface area contributed by atoms with E-state index < -0.39 is 23.4 Å². The van der Waals surface area contributed by atoms with Gasteiger partial charge in [-0.2, -0.15) is 13.2 Å². The van der Waals surface area contributed by atoms with Gasteiger partial charge >= 0.3 is 6.18 Å². The monoisotopic (exact) mass is 486 g/mol. The van der Waals surface area contributed by atoms with Crippen LogP contribution in [0.25, 0.3) is 10.9 Å². The first-order chi connectivity index (χ1) is 16.4. The summed E-state index contributed by atoms with van der Waals surface area (Å²) in [7, 11) is 0. The minimum Gasteiger partial charge on any atom is -0.385 e. The van der Waals surface area contributed by atoms with Crippen molar-refractivity contribution in [1.29, 1.82) is 0 Å². The van der Waals surface area contributed by atoms with Gasteiger partial charge in [-0.3, -0.25) is 4.79 Å². The van der Waals surface area contributed by atoms with Crippen LogP contribution in [0, 0.1) is 13.8 Å². The van der Waals surface area contributed by atoms with Gasteiger partial charge in [-0.1, -0.05) is 18.2 Å². The molecule has 0 radical (unpaired) electrons. The summed E-state index contributed by atoms with van der Waals surface area (Å²) in [4.78, 5) is 22.5. The molecule has 0 saturated carbocycles. The normalized spacial score (nSPS) is 16.9. The standard InChI is InChI=1S/C26H29F3N4O2/c1-15-12-21(25(35)8-10-33(11-9-25)18(4)34)14-22-23(15)31-17(3)32-24(22)30-16(2)19-6-5-7-20(13-19)26(27,28)29/h5-7,12-14,16,35H,8-11H2,1-4H3,(H,30,31,32)/t16-/m1/s1. The first-order valence-electron chi connectivity index (χ1n) is 11.6. The Morgan fingerprint density at radius 3 is 2.46 bits per heavy atom. The Balaban J connectivity index is 1.71. The zero-order valence-corrected chi connectivity index (χ0v) is 20.2. The van der Waals surface area contributed by atoms with Crippen molar-refractivity contribution in [3.63, 3.8) is 0 Å². The number of rotatable bonds is 4. The molecule has 1 aliphatic heterocycles. The maximum absolute atomic E-state index is 13.2. The van der Waals surface area contributed by atoms with E-state index in [0.29, 0.717) is 59.6 Å². The van der Waals surface area contributed by atoms with E-state index in [1.807, 2.05) is 19.1 Å². The molecule has 2 heterocycles. The van der Waals surface area contributed by atoms with Crippen molar-refractivity contribution < 1.29 is 23.1 Å². The number of nitrogens with zero attached hydrogens (tertiary/aromatic N) is 3. The third-order valence-corrected chi connectivity index (χ3v) is 6.74. The molecule has 1 aliphatic rings. The van der Waals surface area contributed by atoms with Gasteiger partial charge in [0.25, 0.3) is 0 Å². The van der Waals surface area contributed by atoms with Crippen molar-refractivity contribution >= 4 is 22.6 Å². The van der Waals surface area contributed by atoms with E-state index in [1.54, 1.807) is 24.8 Å². The van der Waals surface area contributed by atoms with Crippen molar-refractivity contribution in [2.24, 2.45) is 0 Å². The highest BCUT2D eigenvalue weighted by molar-refractivity contribution is 5.92. The van der Waals surface area contributed by atoms with Gasteiger partial charge in [0, 0.05) is 31.4 Å². The highest BCUT2D eigenvalue weighted by Crippen LogP contribution is 2.37. The quantitative estimate of drug-likeness (QED) is 0.526. The molecule has 1 saturated heterocycles. The average molecular weight is 487 g/mol. The molecule has 35 heavy (non-hydrogen) atoms. The van der Waals surface area contributed by atoms with E-state index in [0.717, 1.165) is 17.7 Å². The third kappa shape index (κ3) is 5.10. The second kappa shape index (κ2) is 9.11. The lowest BCUT2D eigenvalue weighted by molar-refractivity contribution is -0.137. The number of aryl methyl sites for hydroxylation is 2. The summed E-state index contributed by atoms with van der Waals surface area (Å²) >= 11 is 0. The fraction of sp³-hybridized carbons (Fsp3) is 0.423. The smallest absolute Gasteiger partial charge is 0.385 e. The minimum absolute atomic E-state index is 0.0133. The molecular weight excluding hydrogens is 457 g/mol. The molecule has 3 aromatic rings. The fourth-order valence-electron chi connectivity index (χ4n) is 4.65. The Kier molecular flexibility index (Phi) is 6.48. The lowest BCUT2D eigenvalue weighted by Gasteiger charge is -2.38. The summed E-state index contributed by atoms with van der Waals surface area (Å²) in [5, 5.41) is 15.4. The number of hydrogen-bond donors (Lipinski definition) is 2. The molecule has 0 bridgehead atoms. The lowest BCUT2D eigenvalue weighted by atomic mass is 9.83. The van der Waals surface area contributed by atoms with Crippen LogP contribution in [0.15, 0.2) is 36.4 Å². The van der Waals surface area contributed by atoms with E-state index in [-0.39, 0.29) is 5.91 Å². The molecule has 1 amide bonds. The van der Waals surface area contributed by atoms with Crippen LogP contribution in [-0.2, 0) is 16.6 Å². The number of likely N-dealkylation sites (tertiary alicyclic amines) is 1. The summed E-state index contributed by atoms with van der Waals surface area (Å²) in [6.07, 6.45) is -3.60. The molecule has 0 aliphatic carbocycles. The first-order valence-corrected chi connectivity index (χ1v) is 11.6. The predicted octanol–water partition coefficient (Wildman–Crippen LogP) is 5.27. The zero-order valence-electron chi connectivity index (χ0n) is 20.2. The summed E-state index contributed by atoms with van der Waals surface area (Å²) < 4.78 is 39.6. The molecule has 186 valence electrons. The Hall–Kier alpha value is -3.20. The molecule has 1 fully saturated rings.